The fourth-order valence-electron chi connectivity index (χ4n) is 4.20. The van der Waals surface area contributed by atoms with Gasteiger partial charge in [-0.25, -0.2) is 4.39 Å². The van der Waals surface area contributed by atoms with Crippen molar-refractivity contribution in [2.75, 3.05) is 25.2 Å². The predicted molar refractivity (Wildman–Crippen MR) is 148 cm³/mol. The maximum atomic E-state index is 14.6. The van der Waals surface area contributed by atoms with Gasteiger partial charge in [-0.2, -0.15) is 0 Å². The molecule has 2 rings (SSSR count). The molecule has 0 aliphatic heterocycles. The van der Waals surface area contributed by atoms with Crippen molar-refractivity contribution in [3.05, 3.63) is 53.8 Å². The van der Waals surface area contributed by atoms with Gasteiger partial charge in [0.15, 0.2) is 0 Å². The van der Waals surface area contributed by atoms with Crippen molar-refractivity contribution in [2.24, 2.45) is 5.41 Å². The average Bonchev–Trinajstić information content (AvgIpc) is 2.85. The number of methoxy groups -OCH3 is 1. The van der Waals surface area contributed by atoms with Gasteiger partial charge in [0.05, 0.1) is 19.3 Å². The molecule has 200 valence electrons. The van der Waals surface area contributed by atoms with E-state index in [4.69, 9.17) is 9.47 Å². The van der Waals surface area contributed by atoms with Crippen LogP contribution < -0.4 is 14.4 Å². The summed E-state index contributed by atoms with van der Waals surface area (Å²) in [6, 6.07) is 11.9. The fourth-order valence-corrected chi connectivity index (χ4v) is 4.20. The molecule has 0 aliphatic carbocycles. The maximum Gasteiger partial charge on any atom is 0.261 e. The van der Waals surface area contributed by atoms with E-state index in [2.05, 4.69) is 27.7 Å². The molecule has 2 aromatic rings. The molecule has 0 aromatic heterocycles. The van der Waals surface area contributed by atoms with Crippen molar-refractivity contribution in [1.29, 1.82) is 0 Å². The smallest absolute Gasteiger partial charge is 0.261 e. The van der Waals surface area contributed by atoms with E-state index in [0.29, 0.717) is 18.9 Å². The Morgan fingerprint density at radius 2 is 1.39 bits per heavy atom. The number of unbranched alkanes of at least 4 members (excludes halogenated alkanes) is 9. The normalized spacial score (nSPS) is 11.4. The maximum absolute atomic E-state index is 14.6. The third kappa shape index (κ3) is 10.6. The molecule has 2 aromatic carbocycles. The molecule has 0 radical (unpaired) electrons. The van der Waals surface area contributed by atoms with E-state index in [1.54, 1.807) is 11.0 Å². The van der Waals surface area contributed by atoms with Gasteiger partial charge in [-0.15, -0.1) is 0 Å². The van der Waals surface area contributed by atoms with E-state index < -0.39 is 5.82 Å². The third-order valence-electron chi connectivity index (χ3n) is 6.20. The molecule has 36 heavy (non-hydrogen) atoms. The van der Waals surface area contributed by atoms with Gasteiger partial charge in [0.2, 0.25) is 0 Å². The van der Waals surface area contributed by atoms with Crippen molar-refractivity contribution in [3.63, 3.8) is 0 Å². The van der Waals surface area contributed by atoms with Gasteiger partial charge in [-0.1, -0.05) is 85.5 Å². The summed E-state index contributed by atoms with van der Waals surface area (Å²) in [4.78, 5) is 15.0. The van der Waals surface area contributed by atoms with E-state index in [1.165, 1.54) is 77.0 Å². The van der Waals surface area contributed by atoms with E-state index in [1.807, 2.05) is 24.3 Å². The quantitative estimate of drug-likeness (QED) is 0.217. The third-order valence-corrected chi connectivity index (χ3v) is 6.20. The van der Waals surface area contributed by atoms with Crippen LogP contribution >= 0.6 is 0 Å². The SMILES string of the molecule is CCCCCCCCCCCCOc1ccc(N(CC(C)(C)C)C(=O)c2ccc(OC)cc2F)cc1. The second-order valence-corrected chi connectivity index (χ2v) is 10.8. The molecule has 0 N–H and O–H groups in total. The molecule has 0 bridgehead atoms. The van der Waals surface area contributed by atoms with E-state index in [9.17, 15) is 9.18 Å². The number of ether oxygens (including phenoxy) is 2. The Hall–Kier alpha value is -2.56. The van der Waals surface area contributed by atoms with E-state index in [0.717, 1.165) is 17.9 Å². The van der Waals surface area contributed by atoms with Crippen LogP contribution in [0.25, 0.3) is 0 Å². The van der Waals surface area contributed by atoms with Crippen molar-refractivity contribution >= 4 is 11.6 Å². The van der Waals surface area contributed by atoms with Crippen LogP contribution in [0.1, 0.15) is 102 Å². The lowest BCUT2D eigenvalue weighted by molar-refractivity contribution is 0.0973. The number of benzene rings is 2. The van der Waals surface area contributed by atoms with Gasteiger partial charge in [-0.05, 0) is 48.2 Å². The predicted octanol–water partition coefficient (Wildman–Crippen LogP) is 8.83. The van der Waals surface area contributed by atoms with Crippen molar-refractivity contribution < 1.29 is 18.7 Å². The standard InChI is InChI=1S/C31H46FNO3/c1-6-7-8-9-10-11-12-13-14-15-22-36-26-18-16-25(17-19-26)33(24-31(2,3)4)30(34)28-21-20-27(35-5)23-29(28)32/h16-21,23H,6-15,22,24H2,1-5H3. The molecule has 0 unspecified atom stereocenters. The Labute approximate surface area is 218 Å². The van der Waals surface area contributed by atoms with Crippen LogP contribution in [0.15, 0.2) is 42.5 Å². The molecule has 0 saturated carbocycles. The summed E-state index contributed by atoms with van der Waals surface area (Å²) >= 11 is 0. The lowest BCUT2D eigenvalue weighted by atomic mass is 9.95. The van der Waals surface area contributed by atoms with Crippen LogP contribution in [0, 0.1) is 11.2 Å². The van der Waals surface area contributed by atoms with Gasteiger partial charge in [0.1, 0.15) is 17.3 Å². The number of nitrogens with zero attached hydrogens (tertiary/aromatic N) is 1. The van der Waals surface area contributed by atoms with Crippen molar-refractivity contribution in [2.45, 2.75) is 91.9 Å². The highest BCUT2D eigenvalue weighted by Gasteiger charge is 2.26. The van der Waals surface area contributed by atoms with Crippen molar-refractivity contribution in [3.8, 4) is 11.5 Å². The molecule has 4 nitrogen and oxygen atoms in total. The highest BCUT2D eigenvalue weighted by molar-refractivity contribution is 6.06. The van der Waals surface area contributed by atoms with E-state index in [-0.39, 0.29) is 16.9 Å². The van der Waals surface area contributed by atoms with Gasteiger partial charge < -0.3 is 14.4 Å². The average molecular weight is 500 g/mol. The molecule has 0 spiro atoms. The number of carbonyl (C=O) groups is 1. The number of carbonyl (C=O) groups excluding carboxylic acids is 1. The Morgan fingerprint density at radius 1 is 0.833 bits per heavy atom. The van der Waals surface area contributed by atoms with E-state index >= 15 is 0 Å². The van der Waals surface area contributed by atoms with Gasteiger partial charge in [0, 0.05) is 18.3 Å². The second-order valence-electron chi connectivity index (χ2n) is 10.8. The highest BCUT2D eigenvalue weighted by Crippen LogP contribution is 2.27. The molecule has 0 fully saturated rings. The molecule has 5 heteroatoms. The summed E-state index contributed by atoms with van der Waals surface area (Å²) < 4.78 is 25.6. The summed E-state index contributed by atoms with van der Waals surface area (Å²) in [5.74, 6) is 0.211. The summed E-state index contributed by atoms with van der Waals surface area (Å²) in [6.07, 6.45) is 12.9. The topological polar surface area (TPSA) is 38.8 Å². The first-order valence-corrected chi connectivity index (χ1v) is 13.6. The van der Waals surface area contributed by atoms with Crippen LogP contribution in [0.3, 0.4) is 0 Å². The Kier molecular flexibility index (Phi) is 12.8. The lowest BCUT2D eigenvalue weighted by Crippen LogP contribution is -2.38. The lowest BCUT2D eigenvalue weighted by Gasteiger charge is -2.30. The number of anilines is 1. The minimum atomic E-state index is -0.588. The summed E-state index contributed by atoms with van der Waals surface area (Å²) in [5, 5.41) is 0. The van der Waals surface area contributed by atoms with Gasteiger partial charge >= 0.3 is 0 Å². The summed E-state index contributed by atoms with van der Waals surface area (Å²) in [6.45, 7) is 9.57. The summed E-state index contributed by atoms with van der Waals surface area (Å²) in [5.41, 5.74) is 0.585. The zero-order valence-corrected chi connectivity index (χ0v) is 23.1. The van der Waals surface area contributed by atoms with Gasteiger partial charge in [0.25, 0.3) is 5.91 Å². The van der Waals surface area contributed by atoms with Crippen LogP contribution in [0.5, 0.6) is 11.5 Å². The van der Waals surface area contributed by atoms with Crippen molar-refractivity contribution in [1.82, 2.24) is 0 Å². The van der Waals surface area contributed by atoms with Crippen LogP contribution in [-0.2, 0) is 0 Å². The molecule has 0 heterocycles. The second kappa shape index (κ2) is 15.5. The van der Waals surface area contributed by atoms with Gasteiger partial charge in [-0.3, -0.25) is 4.79 Å². The number of rotatable bonds is 16. The largest absolute Gasteiger partial charge is 0.497 e. The molecule has 0 atom stereocenters. The Balaban J connectivity index is 1.88. The van der Waals surface area contributed by atoms with Crippen LogP contribution in [0.4, 0.5) is 10.1 Å². The number of amides is 1. The monoisotopic (exact) mass is 499 g/mol. The first-order valence-electron chi connectivity index (χ1n) is 13.6. The molecular weight excluding hydrogens is 453 g/mol. The van der Waals surface area contributed by atoms with Crippen LogP contribution in [-0.4, -0.2) is 26.2 Å². The molecule has 0 saturated heterocycles. The number of hydrogen-bond donors (Lipinski definition) is 0. The molecular formula is C31H46FNO3. The number of hydrogen-bond acceptors (Lipinski definition) is 3. The molecule has 1 amide bonds. The fraction of sp³-hybridized carbons (Fsp3) is 0.581. The summed E-state index contributed by atoms with van der Waals surface area (Å²) in [7, 11) is 1.47. The first-order chi connectivity index (χ1) is 17.2. The minimum absolute atomic E-state index is 0.0290. The first kappa shape index (κ1) is 29.7. The van der Waals surface area contributed by atoms with Crippen LogP contribution in [0.2, 0.25) is 0 Å². The number of halogens is 1. The zero-order valence-electron chi connectivity index (χ0n) is 23.1. The molecule has 0 aliphatic rings. The zero-order chi connectivity index (χ0) is 26.4. The minimum Gasteiger partial charge on any atom is -0.497 e. The highest BCUT2D eigenvalue weighted by atomic mass is 19.1. The Morgan fingerprint density at radius 3 is 1.92 bits per heavy atom. The Bertz CT molecular complexity index is 905.